The van der Waals surface area contributed by atoms with Gasteiger partial charge in [-0.1, -0.05) is 12.1 Å². The van der Waals surface area contributed by atoms with Crippen LogP contribution in [0.2, 0.25) is 0 Å². The van der Waals surface area contributed by atoms with Crippen LogP contribution in [0.1, 0.15) is 24.0 Å². The summed E-state index contributed by atoms with van der Waals surface area (Å²) in [4.78, 5) is 16.9. The van der Waals surface area contributed by atoms with E-state index in [1.165, 1.54) is 11.1 Å². The van der Waals surface area contributed by atoms with Crippen LogP contribution in [0.15, 0.2) is 42.5 Å². The van der Waals surface area contributed by atoms with Crippen molar-refractivity contribution >= 4 is 5.91 Å². The summed E-state index contributed by atoms with van der Waals surface area (Å²) < 4.78 is 16.4. The van der Waals surface area contributed by atoms with Gasteiger partial charge in [0.2, 0.25) is 5.91 Å². The van der Waals surface area contributed by atoms with E-state index in [9.17, 15) is 4.79 Å². The van der Waals surface area contributed by atoms with Crippen LogP contribution in [0.3, 0.4) is 0 Å². The van der Waals surface area contributed by atoms with Crippen LogP contribution >= 0.6 is 0 Å². The summed E-state index contributed by atoms with van der Waals surface area (Å²) in [6.45, 7) is 5.71. The van der Waals surface area contributed by atoms with Gasteiger partial charge in [0.1, 0.15) is 17.2 Å². The Bertz CT molecular complexity index is 845. The molecule has 1 amide bonds. The number of hydrogen-bond donors (Lipinski definition) is 0. The Balaban J connectivity index is 1.14. The van der Waals surface area contributed by atoms with E-state index in [-0.39, 0.29) is 5.91 Å². The molecule has 2 heterocycles. The van der Waals surface area contributed by atoms with E-state index in [0.717, 1.165) is 69.4 Å². The number of rotatable bonds is 8. The van der Waals surface area contributed by atoms with Gasteiger partial charge in [-0.3, -0.25) is 9.69 Å². The van der Waals surface area contributed by atoms with Gasteiger partial charge >= 0.3 is 0 Å². The van der Waals surface area contributed by atoms with Gasteiger partial charge in [-0.15, -0.1) is 0 Å². The predicted octanol–water partition coefficient (Wildman–Crippen LogP) is 3.13. The third kappa shape index (κ3) is 5.25. The molecule has 1 fully saturated rings. The van der Waals surface area contributed by atoms with E-state index in [4.69, 9.17) is 14.2 Å². The van der Waals surface area contributed by atoms with Crippen molar-refractivity contribution in [3.8, 4) is 17.2 Å². The molecule has 0 aliphatic carbocycles. The van der Waals surface area contributed by atoms with E-state index in [1.54, 1.807) is 7.11 Å². The molecule has 0 unspecified atom stereocenters. The molecule has 0 radical (unpaired) electrons. The lowest BCUT2D eigenvalue weighted by molar-refractivity contribution is -0.133. The molecule has 0 bridgehead atoms. The minimum Gasteiger partial charge on any atom is -0.497 e. The Morgan fingerprint density at radius 2 is 1.80 bits per heavy atom. The summed E-state index contributed by atoms with van der Waals surface area (Å²) in [5.41, 5.74) is 2.65. The Morgan fingerprint density at radius 3 is 2.57 bits per heavy atom. The van der Waals surface area contributed by atoms with Crippen LogP contribution in [0.5, 0.6) is 17.2 Å². The van der Waals surface area contributed by atoms with Gasteiger partial charge < -0.3 is 19.1 Å². The molecule has 0 N–H and O–H groups in total. The van der Waals surface area contributed by atoms with Crippen LogP contribution in [-0.2, 0) is 17.8 Å². The zero-order valence-corrected chi connectivity index (χ0v) is 17.6. The normalized spacial score (nSPS) is 16.1. The Morgan fingerprint density at radius 1 is 1.03 bits per heavy atom. The van der Waals surface area contributed by atoms with Crippen molar-refractivity contribution < 1.29 is 19.0 Å². The van der Waals surface area contributed by atoms with Crippen LogP contribution in [0.25, 0.3) is 0 Å². The van der Waals surface area contributed by atoms with Crippen molar-refractivity contribution in [1.29, 1.82) is 0 Å². The van der Waals surface area contributed by atoms with Gasteiger partial charge in [0.25, 0.3) is 0 Å². The fourth-order valence-corrected chi connectivity index (χ4v) is 4.00. The zero-order chi connectivity index (χ0) is 20.8. The number of carbonyl (C=O) groups is 1. The third-order valence-electron chi connectivity index (χ3n) is 5.75. The molecule has 0 aromatic heterocycles. The van der Waals surface area contributed by atoms with Gasteiger partial charge in [0.05, 0.1) is 20.3 Å². The average molecular weight is 411 g/mol. The quantitative estimate of drug-likeness (QED) is 0.626. The lowest BCUT2D eigenvalue weighted by Gasteiger charge is -2.35. The number of methoxy groups -OCH3 is 1. The molecule has 30 heavy (non-hydrogen) atoms. The predicted molar refractivity (Wildman–Crippen MR) is 115 cm³/mol. The van der Waals surface area contributed by atoms with Crippen molar-refractivity contribution in [2.45, 2.75) is 25.8 Å². The maximum Gasteiger partial charge on any atom is 0.222 e. The molecular weight excluding hydrogens is 380 g/mol. The van der Waals surface area contributed by atoms with Gasteiger partial charge in [-0.2, -0.15) is 0 Å². The minimum absolute atomic E-state index is 0.225. The van der Waals surface area contributed by atoms with Crippen molar-refractivity contribution in [2.75, 3.05) is 46.5 Å². The number of carbonyl (C=O) groups excluding carboxylic acids is 1. The fourth-order valence-electron chi connectivity index (χ4n) is 4.00. The molecule has 2 aliphatic rings. The summed E-state index contributed by atoms with van der Waals surface area (Å²) in [5, 5.41) is 0. The zero-order valence-electron chi connectivity index (χ0n) is 17.6. The molecule has 2 aromatic rings. The van der Waals surface area contributed by atoms with Crippen LogP contribution in [0.4, 0.5) is 0 Å². The van der Waals surface area contributed by atoms with Crippen LogP contribution in [0, 0.1) is 0 Å². The first-order valence-corrected chi connectivity index (χ1v) is 10.7. The Kier molecular flexibility index (Phi) is 6.74. The van der Waals surface area contributed by atoms with Gasteiger partial charge in [-0.25, -0.2) is 0 Å². The molecule has 4 rings (SSSR count). The molecule has 6 nitrogen and oxygen atoms in total. The first-order valence-electron chi connectivity index (χ1n) is 10.7. The summed E-state index contributed by atoms with van der Waals surface area (Å²) >= 11 is 0. The summed E-state index contributed by atoms with van der Waals surface area (Å²) in [6, 6.07) is 14.0. The van der Waals surface area contributed by atoms with Crippen molar-refractivity contribution in [3.63, 3.8) is 0 Å². The number of piperazine rings is 1. The van der Waals surface area contributed by atoms with Gasteiger partial charge in [0.15, 0.2) is 0 Å². The summed E-state index contributed by atoms with van der Waals surface area (Å²) in [7, 11) is 1.64. The Labute approximate surface area is 178 Å². The first kappa shape index (κ1) is 20.5. The minimum atomic E-state index is 0.225. The van der Waals surface area contributed by atoms with Crippen LogP contribution in [-0.4, -0.2) is 62.2 Å². The maximum atomic E-state index is 12.5. The second-order valence-corrected chi connectivity index (χ2v) is 7.83. The number of ether oxygens (including phenoxy) is 3. The van der Waals surface area contributed by atoms with Gasteiger partial charge in [0, 0.05) is 45.6 Å². The summed E-state index contributed by atoms with van der Waals surface area (Å²) in [5.74, 6) is 2.87. The third-order valence-corrected chi connectivity index (χ3v) is 5.75. The first-order chi connectivity index (χ1) is 14.7. The number of fused-ring (bicyclic) bond motifs is 1. The highest BCUT2D eigenvalue weighted by Crippen LogP contribution is 2.26. The number of nitrogens with zero attached hydrogens (tertiary/aromatic N) is 2. The van der Waals surface area contributed by atoms with Crippen LogP contribution < -0.4 is 14.2 Å². The second kappa shape index (κ2) is 9.85. The SMILES string of the molecule is COc1ccc(OCCCC(=O)N2CCN(Cc3ccc4c(c3)CCO4)CC2)cc1. The standard InChI is InChI=1S/C24H30N2O4/c1-28-21-5-7-22(8-6-21)29-15-2-3-24(27)26-13-11-25(12-14-26)18-19-4-9-23-20(17-19)10-16-30-23/h4-9,17H,2-3,10-16,18H2,1H3. The smallest absolute Gasteiger partial charge is 0.222 e. The largest absolute Gasteiger partial charge is 0.497 e. The highest BCUT2D eigenvalue weighted by molar-refractivity contribution is 5.76. The lowest BCUT2D eigenvalue weighted by Crippen LogP contribution is -2.48. The van der Waals surface area contributed by atoms with E-state index >= 15 is 0 Å². The molecular formula is C24H30N2O4. The molecule has 6 heteroatoms. The fraction of sp³-hybridized carbons (Fsp3) is 0.458. The average Bonchev–Trinajstić information content (AvgIpc) is 3.25. The lowest BCUT2D eigenvalue weighted by atomic mass is 10.1. The topological polar surface area (TPSA) is 51.2 Å². The van der Waals surface area contributed by atoms with E-state index < -0.39 is 0 Å². The molecule has 1 saturated heterocycles. The number of benzene rings is 2. The maximum absolute atomic E-state index is 12.5. The van der Waals surface area contributed by atoms with Gasteiger partial charge in [-0.05, 0) is 47.9 Å². The number of hydrogen-bond acceptors (Lipinski definition) is 5. The second-order valence-electron chi connectivity index (χ2n) is 7.83. The van der Waals surface area contributed by atoms with E-state index in [0.29, 0.717) is 13.0 Å². The molecule has 0 spiro atoms. The molecule has 2 aromatic carbocycles. The highest BCUT2D eigenvalue weighted by atomic mass is 16.5. The number of amides is 1. The molecule has 0 saturated carbocycles. The monoisotopic (exact) mass is 410 g/mol. The van der Waals surface area contributed by atoms with Crippen molar-refractivity contribution in [2.24, 2.45) is 0 Å². The Hall–Kier alpha value is -2.73. The van der Waals surface area contributed by atoms with Crippen molar-refractivity contribution in [1.82, 2.24) is 9.80 Å². The molecule has 2 aliphatic heterocycles. The van der Waals surface area contributed by atoms with Crippen molar-refractivity contribution in [3.05, 3.63) is 53.6 Å². The van der Waals surface area contributed by atoms with E-state index in [1.807, 2.05) is 29.2 Å². The molecule has 160 valence electrons. The van der Waals surface area contributed by atoms with E-state index in [2.05, 4.69) is 23.1 Å². The molecule has 0 atom stereocenters. The summed E-state index contributed by atoms with van der Waals surface area (Å²) in [6.07, 6.45) is 2.26. The highest BCUT2D eigenvalue weighted by Gasteiger charge is 2.21.